The number of aromatic nitrogens is 2. The van der Waals surface area contributed by atoms with Gasteiger partial charge in [-0.25, -0.2) is 4.98 Å². The van der Waals surface area contributed by atoms with Crippen molar-refractivity contribution in [2.45, 2.75) is 0 Å². The van der Waals surface area contributed by atoms with Gasteiger partial charge in [0.1, 0.15) is 5.75 Å². The predicted octanol–water partition coefficient (Wildman–Crippen LogP) is 3.52. The Kier molecular flexibility index (Phi) is 5.02. The summed E-state index contributed by atoms with van der Waals surface area (Å²) in [6, 6.07) is 13.7. The molecule has 0 aliphatic rings. The second-order valence-corrected chi connectivity index (χ2v) is 7.86. The largest absolute Gasteiger partial charge is 0.497 e. The number of amides is 1. The zero-order valence-electron chi connectivity index (χ0n) is 16.1. The number of rotatable bonds is 6. The maximum Gasteiger partial charge on any atom is 0.251 e. The minimum atomic E-state index is -0.0475. The molecule has 0 fully saturated rings. The third-order valence-corrected chi connectivity index (χ3v) is 5.60. The van der Waals surface area contributed by atoms with Gasteiger partial charge in [0, 0.05) is 30.4 Å². The second kappa shape index (κ2) is 7.61. The SMILES string of the molecule is COc1ccc(-c2cn3c(n2)sc2cc(C(=O)NCCN(C)C)ccc23)cc1. The summed E-state index contributed by atoms with van der Waals surface area (Å²) in [7, 11) is 5.63. The number of likely N-dealkylation sites (N-methyl/N-ethyl adjacent to an activating group) is 1. The van der Waals surface area contributed by atoms with Gasteiger partial charge in [-0.2, -0.15) is 0 Å². The summed E-state index contributed by atoms with van der Waals surface area (Å²) >= 11 is 1.58. The van der Waals surface area contributed by atoms with Crippen LogP contribution in [0, 0.1) is 0 Å². The van der Waals surface area contributed by atoms with Crippen LogP contribution in [0.1, 0.15) is 10.4 Å². The molecule has 4 rings (SSSR count). The Hall–Kier alpha value is -2.90. The molecule has 2 aromatic heterocycles. The van der Waals surface area contributed by atoms with Crippen molar-refractivity contribution in [1.82, 2.24) is 19.6 Å². The Morgan fingerprint density at radius 1 is 1.21 bits per heavy atom. The first kappa shape index (κ1) is 18.5. The van der Waals surface area contributed by atoms with Crippen molar-refractivity contribution in [2.75, 3.05) is 34.3 Å². The number of carbonyl (C=O) groups is 1. The summed E-state index contributed by atoms with van der Waals surface area (Å²) in [5, 5.41) is 2.95. The molecular formula is C21H22N4O2S. The summed E-state index contributed by atoms with van der Waals surface area (Å²) in [4.78, 5) is 20.1. The molecule has 28 heavy (non-hydrogen) atoms. The van der Waals surface area contributed by atoms with E-state index in [4.69, 9.17) is 9.72 Å². The maximum absolute atomic E-state index is 12.4. The van der Waals surface area contributed by atoms with E-state index in [9.17, 15) is 4.79 Å². The monoisotopic (exact) mass is 394 g/mol. The smallest absolute Gasteiger partial charge is 0.251 e. The van der Waals surface area contributed by atoms with Crippen molar-refractivity contribution < 1.29 is 9.53 Å². The third kappa shape index (κ3) is 3.58. The van der Waals surface area contributed by atoms with E-state index in [0.717, 1.165) is 38.7 Å². The second-order valence-electron chi connectivity index (χ2n) is 6.85. The van der Waals surface area contributed by atoms with Gasteiger partial charge in [0.2, 0.25) is 0 Å². The van der Waals surface area contributed by atoms with E-state index in [1.807, 2.05) is 67.7 Å². The molecule has 2 heterocycles. The minimum Gasteiger partial charge on any atom is -0.497 e. The van der Waals surface area contributed by atoms with Crippen molar-refractivity contribution in [2.24, 2.45) is 0 Å². The van der Waals surface area contributed by atoms with Crippen LogP contribution < -0.4 is 10.1 Å². The van der Waals surface area contributed by atoms with Crippen molar-refractivity contribution >= 4 is 32.4 Å². The average Bonchev–Trinajstić information content (AvgIpc) is 3.25. The molecule has 1 amide bonds. The molecule has 0 saturated heterocycles. The molecule has 0 aliphatic heterocycles. The standard InChI is InChI=1S/C21H22N4O2S/c1-24(2)11-10-22-20(26)15-6-9-18-19(12-15)28-21-23-17(13-25(18)21)14-4-7-16(27-3)8-5-14/h4-9,12-13H,10-11H2,1-3H3,(H,22,26). The Balaban J connectivity index is 1.60. The Bertz CT molecular complexity index is 1130. The maximum atomic E-state index is 12.4. The van der Waals surface area contributed by atoms with Crippen molar-refractivity contribution in [3.8, 4) is 17.0 Å². The van der Waals surface area contributed by atoms with E-state index in [-0.39, 0.29) is 5.91 Å². The molecule has 0 atom stereocenters. The van der Waals surface area contributed by atoms with E-state index in [1.165, 1.54) is 0 Å². The van der Waals surface area contributed by atoms with Crippen LogP contribution in [-0.2, 0) is 0 Å². The molecule has 0 saturated carbocycles. The fourth-order valence-corrected chi connectivity index (χ4v) is 4.09. The fraction of sp³-hybridized carbons (Fsp3) is 0.238. The van der Waals surface area contributed by atoms with Crippen LogP contribution in [0.2, 0.25) is 0 Å². The van der Waals surface area contributed by atoms with Crippen LogP contribution in [0.3, 0.4) is 0 Å². The number of hydrogen-bond donors (Lipinski definition) is 1. The summed E-state index contributed by atoms with van der Waals surface area (Å²) in [5.74, 6) is 0.778. The number of hydrogen-bond acceptors (Lipinski definition) is 5. The lowest BCUT2D eigenvalue weighted by atomic mass is 10.1. The van der Waals surface area contributed by atoms with Gasteiger partial charge in [-0.05, 0) is 56.6 Å². The fourth-order valence-electron chi connectivity index (χ4n) is 3.04. The first-order chi connectivity index (χ1) is 13.5. The number of imidazole rings is 1. The zero-order chi connectivity index (χ0) is 19.7. The highest BCUT2D eigenvalue weighted by Crippen LogP contribution is 2.30. The topological polar surface area (TPSA) is 58.9 Å². The molecule has 4 aromatic rings. The molecular weight excluding hydrogens is 372 g/mol. The summed E-state index contributed by atoms with van der Waals surface area (Å²) < 4.78 is 8.34. The van der Waals surface area contributed by atoms with Gasteiger partial charge in [0.25, 0.3) is 5.91 Å². The van der Waals surface area contributed by atoms with E-state index in [2.05, 4.69) is 9.72 Å². The van der Waals surface area contributed by atoms with Crippen molar-refractivity contribution in [3.63, 3.8) is 0 Å². The molecule has 7 heteroatoms. The van der Waals surface area contributed by atoms with E-state index in [0.29, 0.717) is 12.1 Å². The lowest BCUT2D eigenvalue weighted by Gasteiger charge is -2.10. The van der Waals surface area contributed by atoms with E-state index < -0.39 is 0 Å². The zero-order valence-corrected chi connectivity index (χ0v) is 16.9. The molecule has 144 valence electrons. The van der Waals surface area contributed by atoms with E-state index in [1.54, 1.807) is 18.4 Å². The Morgan fingerprint density at radius 3 is 2.71 bits per heavy atom. The van der Waals surface area contributed by atoms with E-state index >= 15 is 0 Å². The van der Waals surface area contributed by atoms with Crippen molar-refractivity contribution in [1.29, 1.82) is 0 Å². The molecule has 0 aliphatic carbocycles. The Morgan fingerprint density at radius 2 is 2.00 bits per heavy atom. The van der Waals surface area contributed by atoms with Crippen LogP contribution >= 0.6 is 11.3 Å². The molecule has 0 spiro atoms. The number of nitrogens with zero attached hydrogens (tertiary/aromatic N) is 3. The molecule has 2 aromatic carbocycles. The van der Waals surface area contributed by atoms with Gasteiger partial charge in [-0.1, -0.05) is 11.3 Å². The average molecular weight is 395 g/mol. The van der Waals surface area contributed by atoms with Crippen molar-refractivity contribution in [3.05, 3.63) is 54.2 Å². The molecule has 1 N–H and O–H groups in total. The minimum absolute atomic E-state index is 0.0475. The van der Waals surface area contributed by atoms with Gasteiger partial charge in [-0.3, -0.25) is 9.20 Å². The van der Waals surface area contributed by atoms with Crippen LogP contribution in [0.25, 0.3) is 26.4 Å². The van der Waals surface area contributed by atoms with Gasteiger partial charge >= 0.3 is 0 Å². The van der Waals surface area contributed by atoms with Crippen LogP contribution in [0.5, 0.6) is 5.75 Å². The van der Waals surface area contributed by atoms with Gasteiger partial charge < -0.3 is 15.0 Å². The molecule has 0 radical (unpaired) electrons. The van der Waals surface area contributed by atoms with Gasteiger partial charge in [0.05, 0.1) is 23.0 Å². The highest BCUT2D eigenvalue weighted by molar-refractivity contribution is 7.23. The van der Waals surface area contributed by atoms with Gasteiger partial charge in [-0.15, -0.1) is 0 Å². The van der Waals surface area contributed by atoms with Crippen LogP contribution in [0.15, 0.2) is 48.7 Å². The summed E-state index contributed by atoms with van der Waals surface area (Å²) in [6.45, 7) is 1.44. The number of fused-ring (bicyclic) bond motifs is 3. The summed E-state index contributed by atoms with van der Waals surface area (Å²) in [6.07, 6.45) is 2.03. The highest BCUT2D eigenvalue weighted by Gasteiger charge is 2.13. The molecule has 0 bridgehead atoms. The number of nitrogens with one attached hydrogen (secondary N) is 1. The molecule has 6 nitrogen and oxygen atoms in total. The first-order valence-corrected chi connectivity index (χ1v) is 9.86. The number of benzene rings is 2. The quantitative estimate of drug-likeness (QED) is 0.544. The number of thiazole rings is 1. The lowest BCUT2D eigenvalue weighted by Crippen LogP contribution is -2.31. The molecule has 0 unspecified atom stereocenters. The summed E-state index contributed by atoms with van der Waals surface area (Å²) in [5.41, 5.74) is 3.69. The number of ether oxygens (including phenoxy) is 1. The van der Waals surface area contributed by atoms with Crippen LogP contribution in [-0.4, -0.2) is 54.5 Å². The normalized spacial score (nSPS) is 11.4. The number of carbonyl (C=O) groups excluding carboxylic acids is 1. The van der Waals surface area contributed by atoms with Gasteiger partial charge in [0.15, 0.2) is 4.96 Å². The van der Waals surface area contributed by atoms with Crippen LogP contribution in [0.4, 0.5) is 0 Å². The Labute approximate surface area is 167 Å². The lowest BCUT2D eigenvalue weighted by molar-refractivity contribution is 0.0951. The first-order valence-electron chi connectivity index (χ1n) is 9.04. The predicted molar refractivity (Wildman–Crippen MR) is 113 cm³/mol. The highest BCUT2D eigenvalue weighted by atomic mass is 32.1. The number of methoxy groups -OCH3 is 1. The third-order valence-electron chi connectivity index (χ3n) is 4.59.